The van der Waals surface area contributed by atoms with E-state index in [1.54, 1.807) is 12.1 Å². The zero-order chi connectivity index (χ0) is 11.6. The first-order valence-corrected chi connectivity index (χ1v) is 4.76. The van der Waals surface area contributed by atoms with Crippen molar-refractivity contribution >= 4 is 17.7 Å². The number of nitrogens with two attached hydrogens (primary N) is 1. The topological polar surface area (TPSA) is 63.3 Å². The van der Waals surface area contributed by atoms with Gasteiger partial charge < -0.3 is 10.8 Å². The van der Waals surface area contributed by atoms with Crippen molar-refractivity contribution in [2.45, 2.75) is 19.8 Å². The van der Waals surface area contributed by atoms with Crippen LogP contribution in [0.4, 0.5) is 5.69 Å². The molecule has 0 aliphatic carbocycles. The minimum Gasteiger partial charge on any atom is -0.478 e. The van der Waals surface area contributed by atoms with Crippen molar-refractivity contribution in [3.05, 3.63) is 35.4 Å². The predicted molar refractivity (Wildman–Crippen MR) is 62.0 cm³/mol. The second-order valence-corrected chi connectivity index (χ2v) is 3.74. The molecule has 0 aliphatic rings. The van der Waals surface area contributed by atoms with Crippen molar-refractivity contribution in [1.29, 1.82) is 0 Å². The molecule has 0 amide bonds. The Morgan fingerprint density at radius 2 is 2.13 bits per heavy atom. The second-order valence-electron chi connectivity index (χ2n) is 3.74. The van der Waals surface area contributed by atoms with Crippen molar-refractivity contribution in [2.75, 3.05) is 5.73 Å². The third kappa shape index (κ3) is 2.18. The van der Waals surface area contributed by atoms with Gasteiger partial charge in [0.05, 0.1) is 5.56 Å². The van der Waals surface area contributed by atoms with Gasteiger partial charge in [0.15, 0.2) is 0 Å². The van der Waals surface area contributed by atoms with Crippen molar-refractivity contribution in [1.82, 2.24) is 0 Å². The molecule has 0 spiro atoms. The third-order valence-corrected chi connectivity index (χ3v) is 2.34. The highest BCUT2D eigenvalue weighted by Gasteiger charge is 2.13. The highest BCUT2D eigenvalue weighted by atomic mass is 16.4. The number of hydrogen-bond acceptors (Lipinski definition) is 2. The molecule has 1 rings (SSSR count). The Hall–Kier alpha value is -1.77. The number of benzene rings is 1. The monoisotopic (exact) mass is 205 g/mol. The molecule has 3 nitrogen and oxygen atoms in total. The molecule has 0 saturated carbocycles. The fraction of sp³-hybridized carbons (Fsp3) is 0.250. The molecule has 15 heavy (non-hydrogen) atoms. The highest BCUT2D eigenvalue weighted by molar-refractivity contribution is 5.95. The maximum absolute atomic E-state index is 11.0. The van der Waals surface area contributed by atoms with Gasteiger partial charge in [-0.2, -0.15) is 0 Å². The number of hydrogen-bond donors (Lipinski definition) is 2. The van der Waals surface area contributed by atoms with Gasteiger partial charge >= 0.3 is 5.97 Å². The summed E-state index contributed by atoms with van der Waals surface area (Å²) in [5, 5.41) is 9.02. The summed E-state index contributed by atoms with van der Waals surface area (Å²) in [5.41, 5.74) is 7.88. The number of anilines is 1. The minimum atomic E-state index is -0.973. The molecule has 0 atom stereocenters. The van der Waals surface area contributed by atoms with Crippen LogP contribution < -0.4 is 5.73 Å². The first kappa shape index (κ1) is 11.3. The van der Waals surface area contributed by atoms with Gasteiger partial charge in [0.25, 0.3) is 0 Å². The van der Waals surface area contributed by atoms with Crippen LogP contribution in [0.5, 0.6) is 0 Å². The lowest BCUT2D eigenvalue weighted by Crippen LogP contribution is -2.05. The Morgan fingerprint density at radius 1 is 1.53 bits per heavy atom. The van der Waals surface area contributed by atoms with E-state index in [1.807, 2.05) is 13.8 Å². The first-order chi connectivity index (χ1) is 6.97. The maximum Gasteiger partial charge on any atom is 0.336 e. The molecule has 3 heteroatoms. The van der Waals surface area contributed by atoms with E-state index in [0.717, 1.165) is 5.56 Å². The lowest BCUT2D eigenvalue weighted by Gasteiger charge is -2.11. The number of carboxylic acids is 1. The number of carbonyl (C=O) groups is 1. The largest absolute Gasteiger partial charge is 0.478 e. The molecule has 0 aromatic heterocycles. The Morgan fingerprint density at radius 3 is 2.53 bits per heavy atom. The van der Waals surface area contributed by atoms with Crippen molar-refractivity contribution in [3.63, 3.8) is 0 Å². The van der Waals surface area contributed by atoms with Gasteiger partial charge in [-0.3, -0.25) is 0 Å². The van der Waals surface area contributed by atoms with E-state index >= 15 is 0 Å². The molecule has 0 radical (unpaired) electrons. The average Bonchev–Trinajstić information content (AvgIpc) is 2.16. The van der Waals surface area contributed by atoms with Crippen LogP contribution in [0, 0.1) is 0 Å². The van der Waals surface area contributed by atoms with E-state index in [2.05, 4.69) is 6.58 Å². The summed E-state index contributed by atoms with van der Waals surface area (Å²) in [6, 6.07) is 3.45. The maximum atomic E-state index is 11.0. The van der Waals surface area contributed by atoms with Gasteiger partial charge in [0.2, 0.25) is 0 Å². The Kier molecular flexibility index (Phi) is 3.14. The summed E-state index contributed by atoms with van der Waals surface area (Å²) < 4.78 is 0. The normalized spacial score (nSPS) is 10.3. The molecular formula is C12H15NO2. The number of nitrogen functional groups attached to an aromatic ring is 1. The molecular weight excluding hydrogens is 190 g/mol. The van der Waals surface area contributed by atoms with E-state index < -0.39 is 5.97 Å². The number of aromatic carboxylic acids is 1. The molecule has 0 bridgehead atoms. The van der Waals surface area contributed by atoms with Gasteiger partial charge in [-0.15, -0.1) is 0 Å². The fourth-order valence-electron chi connectivity index (χ4n) is 1.44. The minimum absolute atomic E-state index is 0.216. The first-order valence-electron chi connectivity index (χ1n) is 4.76. The van der Waals surface area contributed by atoms with E-state index in [1.165, 1.54) is 6.08 Å². The summed E-state index contributed by atoms with van der Waals surface area (Å²) in [4.78, 5) is 11.0. The molecule has 0 unspecified atom stereocenters. The van der Waals surface area contributed by atoms with Crippen LogP contribution >= 0.6 is 0 Å². The zero-order valence-corrected chi connectivity index (χ0v) is 8.95. The molecule has 1 aromatic carbocycles. The molecule has 0 heterocycles. The van der Waals surface area contributed by atoms with Crippen molar-refractivity contribution in [3.8, 4) is 0 Å². The summed E-state index contributed by atoms with van der Waals surface area (Å²) in [5.74, 6) is -0.719. The highest BCUT2D eigenvalue weighted by Crippen LogP contribution is 2.25. The Balaban J connectivity index is 3.45. The van der Waals surface area contributed by atoms with Crippen LogP contribution in [-0.2, 0) is 0 Å². The van der Waals surface area contributed by atoms with Crippen LogP contribution in [0.1, 0.15) is 41.3 Å². The fourth-order valence-corrected chi connectivity index (χ4v) is 1.44. The van der Waals surface area contributed by atoms with Crippen LogP contribution in [0.25, 0.3) is 6.08 Å². The lowest BCUT2D eigenvalue weighted by molar-refractivity contribution is 0.0696. The van der Waals surface area contributed by atoms with Crippen LogP contribution in [0.15, 0.2) is 18.7 Å². The molecule has 80 valence electrons. The number of rotatable bonds is 3. The number of carboxylic acid groups (broad SMARTS) is 1. The average molecular weight is 205 g/mol. The summed E-state index contributed by atoms with van der Waals surface area (Å²) >= 11 is 0. The van der Waals surface area contributed by atoms with Crippen LogP contribution in [0.3, 0.4) is 0 Å². The Bertz CT molecular complexity index is 408. The summed E-state index contributed by atoms with van der Waals surface area (Å²) in [7, 11) is 0. The van der Waals surface area contributed by atoms with E-state index in [-0.39, 0.29) is 11.5 Å². The standard InChI is InChI=1S/C12H15NO2/c1-4-9-10(12(14)15)5-8(7(2)3)6-11(9)13/h4-7H,1,13H2,2-3H3,(H,14,15). The lowest BCUT2D eigenvalue weighted by atomic mass is 9.96. The summed E-state index contributed by atoms with van der Waals surface area (Å²) in [6.07, 6.45) is 1.48. The second kappa shape index (κ2) is 4.17. The molecule has 0 aliphatic heterocycles. The molecule has 0 fully saturated rings. The van der Waals surface area contributed by atoms with Crippen molar-refractivity contribution < 1.29 is 9.90 Å². The molecule has 1 aromatic rings. The predicted octanol–water partition coefficient (Wildman–Crippen LogP) is 2.73. The van der Waals surface area contributed by atoms with Crippen LogP contribution in [-0.4, -0.2) is 11.1 Å². The zero-order valence-electron chi connectivity index (χ0n) is 8.95. The molecule has 3 N–H and O–H groups in total. The van der Waals surface area contributed by atoms with Gasteiger partial charge in [-0.25, -0.2) is 4.79 Å². The van der Waals surface area contributed by atoms with Gasteiger partial charge in [-0.1, -0.05) is 26.5 Å². The SMILES string of the molecule is C=Cc1c(N)cc(C(C)C)cc1C(=O)O. The van der Waals surface area contributed by atoms with E-state index in [0.29, 0.717) is 11.3 Å². The molecule has 0 saturated heterocycles. The quantitative estimate of drug-likeness (QED) is 0.746. The summed E-state index contributed by atoms with van der Waals surface area (Å²) in [6.45, 7) is 7.55. The Labute approximate surface area is 89.2 Å². The third-order valence-electron chi connectivity index (χ3n) is 2.34. The van der Waals surface area contributed by atoms with E-state index in [4.69, 9.17) is 10.8 Å². The van der Waals surface area contributed by atoms with Gasteiger partial charge in [0.1, 0.15) is 0 Å². The smallest absolute Gasteiger partial charge is 0.336 e. The van der Waals surface area contributed by atoms with Crippen molar-refractivity contribution in [2.24, 2.45) is 0 Å². The van der Waals surface area contributed by atoms with Gasteiger partial charge in [0, 0.05) is 11.3 Å². The van der Waals surface area contributed by atoms with Crippen LogP contribution in [0.2, 0.25) is 0 Å². The van der Waals surface area contributed by atoms with Gasteiger partial charge in [-0.05, 0) is 23.6 Å². The van der Waals surface area contributed by atoms with E-state index in [9.17, 15) is 4.79 Å².